The van der Waals surface area contributed by atoms with Crippen molar-refractivity contribution in [2.24, 2.45) is 0 Å². The molecule has 0 spiro atoms. The molecular formula is C8H7Cl3N2. The molecule has 13 heavy (non-hydrogen) atoms. The Bertz CT molecular complexity index is 319. The van der Waals surface area contributed by atoms with Gasteiger partial charge in [0.25, 0.3) is 0 Å². The summed E-state index contributed by atoms with van der Waals surface area (Å²) in [5.74, 6) is 2.48. The van der Waals surface area contributed by atoms with Crippen LogP contribution in [0, 0.1) is 12.3 Å². The van der Waals surface area contributed by atoms with E-state index in [9.17, 15) is 0 Å². The van der Waals surface area contributed by atoms with Crippen molar-refractivity contribution >= 4 is 34.8 Å². The van der Waals surface area contributed by atoms with Crippen LogP contribution in [-0.2, 0) is 6.54 Å². The van der Waals surface area contributed by atoms with Crippen LogP contribution in [-0.4, -0.2) is 13.6 Å². The van der Waals surface area contributed by atoms with E-state index in [0.717, 1.165) is 0 Å². The Morgan fingerprint density at radius 2 is 2.23 bits per heavy atom. The van der Waals surface area contributed by atoms with Crippen molar-refractivity contribution in [3.05, 3.63) is 18.0 Å². The van der Waals surface area contributed by atoms with Crippen LogP contribution in [0.4, 0.5) is 0 Å². The van der Waals surface area contributed by atoms with Gasteiger partial charge in [0.2, 0.25) is 0 Å². The third-order valence-corrected chi connectivity index (χ3v) is 2.04. The highest BCUT2D eigenvalue weighted by molar-refractivity contribution is 6.67. The highest BCUT2D eigenvalue weighted by Crippen LogP contribution is 2.30. The summed E-state index contributed by atoms with van der Waals surface area (Å²) in [5.41, 5.74) is 0.689. The van der Waals surface area contributed by atoms with Gasteiger partial charge in [0.1, 0.15) is 5.69 Å². The van der Waals surface area contributed by atoms with Gasteiger partial charge in [-0.3, -0.25) is 4.68 Å². The molecule has 1 aromatic rings. The first kappa shape index (κ1) is 10.7. The second-order valence-electron chi connectivity index (χ2n) is 2.45. The average molecular weight is 238 g/mol. The molecule has 1 heterocycles. The summed E-state index contributed by atoms with van der Waals surface area (Å²) >= 11 is 16.8. The summed E-state index contributed by atoms with van der Waals surface area (Å²) in [6.07, 6.45) is 7.23. The molecule has 5 heteroatoms. The monoisotopic (exact) mass is 236 g/mol. The maximum absolute atomic E-state index is 5.58. The third-order valence-electron chi connectivity index (χ3n) is 1.47. The van der Waals surface area contributed by atoms with Crippen LogP contribution in [0.3, 0.4) is 0 Å². The van der Waals surface area contributed by atoms with Gasteiger partial charge in [-0.1, -0.05) is 40.7 Å². The highest BCUT2D eigenvalue weighted by Gasteiger charge is 2.19. The van der Waals surface area contributed by atoms with E-state index in [1.165, 1.54) is 0 Å². The topological polar surface area (TPSA) is 17.8 Å². The molecule has 0 aliphatic rings. The molecule has 1 rings (SSSR count). The molecule has 0 N–H and O–H groups in total. The van der Waals surface area contributed by atoms with Gasteiger partial charge in [-0.15, -0.1) is 6.42 Å². The number of alkyl halides is 3. The van der Waals surface area contributed by atoms with Crippen LogP contribution >= 0.6 is 34.8 Å². The molecule has 0 fully saturated rings. The van der Waals surface area contributed by atoms with Crippen molar-refractivity contribution in [2.75, 3.05) is 0 Å². The van der Waals surface area contributed by atoms with E-state index in [1.54, 1.807) is 16.9 Å². The quantitative estimate of drug-likeness (QED) is 0.571. The van der Waals surface area contributed by atoms with E-state index in [2.05, 4.69) is 11.0 Å². The Morgan fingerprint density at radius 1 is 1.54 bits per heavy atom. The standard InChI is InChI=1S/C8H7Cl3N2/c1-2-7-3-5-12-13(7)6-4-8(9,10)11/h1,3,5H,4,6H2. The normalized spacial score (nSPS) is 11.2. The number of aromatic nitrogens is 2. The number of nitrogens with zero attached hydrogens (tertiary/aromatic N) is 2. The molecule has 0 aliphatic carbocycles. The third kappa shape index (κ3) is 3.48. The zero-order valence-corrected chi connectivity index (χ0v) is 8.94. The molecule has 2 nitrogen and oxygen atoms in total. The Kier molecular flexibility index (Phi) is 3.49. The Balaban J connectivity index is 2.61. The van der Waals surface area contributed by atoms with Crippen molar-refractivity contribution in [3.8, 4) is 12.3 Å². The van der Waals surface area contributed by atoms with E-state index >= 15 is 0 Å². The lowest BCUT2D eigenvalue weighted by Crippen LogP contribution is -2.10. The Hall–Kier alpha value is -0.360. The van der Waals surface area contributed by atoms with Crippen LogP contribution in [0.2, 0.25) is 0 Å². The van der Waals surface area contributed by atoms with Gasteiger partial charge >= 0.3 is 0 Å². The first-order valence-corrected chi connectivity index (χ1v) is 4.71. The summed E-state index contributed by atoms with van der Waals surface area (Å²) in [5, 5.41) is 3.99. The molecule has 0 aromatic carbocycles. The minimum Gasteiger partial charge on any atom is -0.257 e. The molecule has 0 unspecified atom stereocenters. The summed E-state index contributed by atoms with van der Waals surface area (Å²) in [4.78, 5) is 0. The van der Waals surface area contributed by atoms with Gasteiger partial charge in [-0.2, -0.15) is 5.10 Å². The van der Waals surface area contributed by atoms with Gasteiger partial charge < -0.3 is 0 Å². The average Bonchev–Trinajstić information content (AvgIpc) is 2.46. The van der Waals surface area contributed by atoms with E-state index in [1.807, 2.05) is 0 Å². The fourth-order valence-corrected chi connectivity index (χ4v) is 1.12. The molecule has 0 bridgehead atoms. The van der Waals surface area contributed by atoms with Gasteiger partial charge in [-0.25, -0.2) is 0 Å². The fraction of sp³-hybridized carbons (Fsp3) is 0.375. The Morgan fingerprint density at radius 3 is 2.77 bits per heavy atom. The molecule has 0 radical (unpaired) electrons. The maximum atomic E-state index is 5.58. The number of halogens is 3. The van der Waals surface area contributed by atoms with Crippen LogP contribution < -0.4 is 0 Å². The molecule has 1 aromatic heterocycles. The smallest absolute Gasteiger partial charge is 0.192 e. The van der Waals surface area contributed by atoms with Gasteiger partial charge in [0.15, 0.2) is 3.79 Å². The summed E-state index contributed by atoms with van der Waals surface area (Å²) in [7, 11) is 0. The molecule has 70 valence electrons. The zero-order chi connectivity index (χ0) is 9.90. The van der Waals surface area contributed by atoms with E-state index in [-0.39, 0.29) is 0 Å². The lowest BCUT2D eigenvalue weighted by molar-refractivity contribution is 0.580. The summed E-state index contributed by atoms with van der Waals surface area (Å²) in [6.45, 7) is 0.503. The first-order chi connectivity index (χ1) is 6.03. The Labute approximate surface area is 91.8 Å². The van der Waals surface area contributed by atoms with E-state index in [0.29, 0.717) is 18.7 Å². The van der Waals surface area contributed by atoms with Crippen LogP contribution in [0.15, 0.2) is 12.3 Å². The van der Waals surface area contributed by atoms with Crippen molar-refractivity contribution < 1.29 is 0 Å². The molecular weight excluding hydrogens is 230 g/mol. The number of hydrogen-bond acceptors (Lipinski definition) is 1. The second-order valence-corrected chi connectivity index (χ2v) is 4.97. The van der Waals surface area contributed by atoms with Crippen LogP contribution in [0.25, 0.3) is 0 Å². The summed E-state index contributed by atoms with van der Waals surface area (Å²) < 4.78 is 0.375. The molecule has 0 saturated carbocycles. The van der Waals surface area contributed by atoms with Crippen LogP contribution in [0.5, 0.6) is 0 Å². The van der Waals surface area contributed by atoms with Gasteiger partial charge in [0, 0.05) is 13.0 Å². The van der Waals surface area contributed by atoms with Crippen molar-refractivity contribution in [2.45, 2.75) is 16.8 Å². The minimum absolute atomic E-state index is 0.383. The molecule has 0 atom stereocenters. The van der Waals surface area contributed by atoms with E-state index in [4.69, 9.17) is 41.2 Å². The SMILES string of the molecule is C#Cc1ccnn1CCC(Cl)(Cl)Cl. The molecule has 0 aliphatic heterocycles. The number of terminal acetylenes is 1. The summed E-state index contributed by atoms with van der Waals surface area (Å²) in [6, 6.07) is 1.73. The van der Waals surface area contributed by atoms with Gasteiger partial charge in [0.05, 0.1) is 6.20 Å². The largest absolute Gasteiger partial charge is 0.257 e. The van der Waals surface area contributed by atoms with Crippen molar-refractivity contribution in [1.29, 1.82) is 0 Å². The second kappa shape index (κ2) is 4.23. The van der Waals surface area contributed by atoms with Gasteiger partial charge in [-0.05, 0) is 6.07 Å². The van der Waals surface area contributed by atoms with Crippen molar-refractivity contribution in [1.82, 2.24) is 9.78 Å². The molecule has 0 amide bonds. The van der Waals surface area contributed by atoms with Crippen LogP contribution in [0.1, 0.15) is 12.1 Å². The lowest BCUT2D eigenvalue weighted by atomic mass is 10.4. The number of aryl methyl sites for hydroxylation is 1. The maximum Gasteiger partial charge on any atom is 0.192 e. The fourth-order valence-electron chi connectivity index (χ4n) is 0.866. The molecule has 0 saturated heterocycles. The predicted molar refractivity (Wildman–Crippen MR) is 55.1 cm³/mol. The predicted octanol–water partition coefficient (Wildman–Crippen LogP) is 2.62. The van der Waals surface area contributed by atoms with Crippen molar-refractivity contribution in [3.63, 3.8) is 0 Å². The van der Waals surface area contributed by atoms with E-state index < -0.39 is 3.79 Å². The first-order valence-electron chi connectivity index (χ1n) is 3.58. The number of rotatable bonds is 2. The number of hydrogen-bond donors (Lipinski definition) is 0. The minimum atomic E-state index is -1.25. The lowest BCUT2D eigenvalue weighted by Gasteiger charge is -2.10. The highest BCUT2D eigenvalue weighted by atomic mass is 35.6. The zero-order valence-electron chi connectivity index (χ0n) is 6.67.